The predicted octanol–water partition coefficient (Wildman–Crippen LogP) is 2.06. The monoisotopic (exact) mass is 273 g/mol. The average Bonchev–Trinajstić information content (AvgIpc) is 2.37. The van der Waals surface area contributed by atoms with Crippen LogP contribution in [-0.2, 0) is 4.74 Å². The Kier molecular flexibility index (Phi) is 4.41. The van der Waals surface area contributed by atoms with Crippen molar-refractivity contribution in [3.63, 3.8) is 0 Å². The number of carbonyl (C=O) groups is 1. The van der Waals surface area contributed by atoms with E-state index in [4.69, 9.17) is 4.74 Å². The Bertz CT molecular complexity index is 474. The number of piperidine rings is 1. The lowest BCUT2D eigenvalue weighted by Crippen LogP contribution is -2.41. The van der Waals surface area contributed by atoms with Crippen LogP contribution in [0, 0.1) is 0 Å². The Balaban J connectivity index is 1.91. The maximum atomic E-state index is 12.0. The van der Waals surface area contributed by atoms with Gasteiger partial charge in [-0.25, -0.2) is 4.79 Å². The van der Waals surface area contributed by atoms with Crippen LogP contribution in [0.5, 0.6) is 0 Å². The first-order valence-corrected chi connectivity index (χ1v) is 7.39. The van der Waals surface area contributed by atoms with Crippen LogP contribution in [-0.4, -0.2) is 37.5 Å². The van der Waals surface area contributed by atoms with Gasteiger partial charge in [0.1, 0.15) is 13.4 Å². The van der Waals surface area contributed by atoms with Crippen molar-refractivity contribution in [3.8, 4) is 0 Å². The van der Waals surface area contributed by atoms with Gasteiger partial charge in [-0.1, -0.05) is 29.7 Å². The van der Waals surface area contributed by atoms with E-state index in [0.29, 0.717) is 5.92 Å². The van der Waals surface area contributed by atoms with Crippen molar-refractivity contribution >= 4 is 19.4 Å². The summed E-state index contributed by atoms with van der Waals surface area (Å²) in [6.07, 6.45) is 1.85. The second-order valence-electron chi connectivity index (χ2n) is 6.66. The first-order chi connectivity index (χ1) is 9.35. The van der Waals surface area contributed by atoms with E-state index in [0.717, 1.165) is 25.9 Å². The Labute approximate surface area is 122 Å². The lowest BCUT2D eigenvalue weighted by molar-refractivity contribution is 0.0205. The molecule has 0 unspecified atom stereocenters. The standard InChI is InChI=1S/C16H24BNO2/c1-16(2,3)20-15(19)18-9-7-12(8-10-18)13-5-4-6-14(17)11-13/h4-6,11-12H,7-10,17H2,1-3H3. The molecule has 1 amide bonds. The number of hydrogen-bond donors (Lipinski definition) is 0. The third-order valence-electron chi connectivity index (χ3n) is 3.66. The van der Waals surface area contributed by atoms with Crippen LogP contribution in [0.3, 0.4) is 0 Å². The molecular formula is C16H24BNO2. The third kappa shape index (κ3) is 4.02. The SMILES string of the molecule is Bc1cccc(C2CCN(C(=O)OC(C)(C)C)CC2)c1. The van der Waals surface area contributed by atoms with Crippen molar-refractivity contribution in [2.24, 2.45) is 0 Å². The molecule has 1 aromatic rings. The summed E-state index contributed by atoms with van der Waals surface area (Å²) in [6, 6.07) is 8.69. The summed E-state index contributed by atoms with van der Waals surface area (Å²) in [5, 5.41) is 0. The van der Waals surface area contributed by atoms with E-state index in [-0.39, 0.29) is 6.09 Å². The minimum Gasteiger partial charge on any atom is -0.444 e. The van der Waals surface area contributed by atoms with E-state index in [2.05, 4.69) is 32.1 Å². The molecule has 0 aromatic heterocycles. The number of amides is 1. The molecule has 3 nitrogen and oxygen atoms in total. The lowest BCUT2D eigenvalue weighted by atomic mass is 9.85. The number of benzene rings is 1. The summed E-state index contributed by atoms with van der Waals surface area (Å²) in [7, 11) is 2.12. The van der Waals surface area contributed by atoms with Gasteiger partial charge in [0, 0.05) is 13.1 Å². The molecule has 0 bridgehead atoms. The Morgan fingerprint density at radius 2 is 1.95 bits per heavy atom. The van der Waals surface area contributed by atoms with Crippen LogP contribution < -0.4 is 5.46 Å². The Morgan fingerprint density at radius 3 is 2.50 bits per heavy atom. The Morgan fingerprint density at radius 1 is 1.30 bits per heavy atom. The van der Waals surface area contributed by atoms with Gasteiger partial charge in [0.15, 0.2) is 0 Å². The van der Waals surface area contributed by atoms with Gasteiger partial charge >= 0.3 is 6.09 Å². The molecule has 1 heterocycles. The van der Waals surface area contributed by atoms with Crippen molar-refractivity contribution in [2.75, 3.05) is 13.1 Å². The highest BCUT2D eigenvalue weighted by Crippen LogP contribution is 2.28. The summed E-state index contributed by atoms with van der Waals surface area (Å²) in [4.78, 5) is 13.8. The van der Waals surface area contributed by atoms with Crippen molar-refractivity contribution < 1.29 is 9.53 Å². The van der Waals surface area contributed by atoms with E-state index >= 15 is 0 Å². The van der Waals surface area contributed by atoms with Crippen LogP contribution in [0.4, 0.5) is 4.79 Å². The first kappa shape index (κ1) is 15.0. The minimum absolute atomic E-state index is 0.180. The Hall–Kier alpha value is -1.45. The zero-order valence-corrected chi connectivity index (χ0v) is 13.0. The van der Waals surface area contributed by atoms with Crippen LogP contribution >= 0.6 is 0 Å². The lowest BCUT2D eigenvalue weighted by Gasteiger charge is -2.33. The molecule has 108 valence electrons. The van der Waals surface area contributed by atoms with Gasteiger partial charge in [-0.2, -0.15) is 0 Å². The molecule has 1 aliphatic heterocycles. The normalized spacial score (nSPS) is 17.1. The largest absolute Gasteiger partial charge is 0.444 e. The van der Waals surface area contributed by atoms with E-state index < -0.39 is 5.60 Å². The molecule has 0 N–H and O–H groups in total. The maximum absolute atomic E-state index is 12.0. The molecule has 1 aliphatic rings. The smallest absolute Gasteiger partial charge is 0.410 e. The molecular weight excluding hydrogens is 249 g/mol. The first-order valence-electron chi connectivity index (χ1n) is 7.39. The molecule has 0 atom stereocenters. The van der Waals surface area contributed by atoms with Gasteiger partial charge in [0.05, 0.1) is 0 Å². The number of nitrogens with zero attached hydrogens (tertiary/aromatic N) is 1. The summed E-state index contributed by atoms with van der Waals surface area (Å²) >= 11 is 0. The molecule has 20 heavy (non-hydrogen) atoms. The fraction of sp³-hybridized carbons (Fsp3) is 0.562. The quantitative estimate of drug-likeness (QED) is 0.733. The van der Waals surface area contributed by atoms with Gasteiger partial charge < -0.3 is 9.64 Å². The van der Waals surface area contributed by atoms with Gasteiger partial charge in [-0.3, -0.25) is 0 Å². The second-order valence-corrected chi connectivity index (χ2v) is 6.66. The van der Waals surface area contributed by atoms with Gasteiger partial charge in [0.25, 0.3) is 0 Å². The minimum atomic E-state index is -0.412. The van der Waals surface area contributed by atoms with Crippen molar-refractivity contribution in [1.82, 2.24) is 4.90 Å². The fourth-order valence-corrected chi connectivity index (χ4v) is 2.65. The summed E-state index contributed by atoms with van der Waals surface area (Å²) in [5.74, 6) is 0.564. The van der Waals surface area contributed by atoms with Gasteiger partial charge in [-0.05, 0) is 45.1 Å². The molecule has 0 spiro atoms. The van der Waals surface area contributed by atoms with Crippen molar-refractivity contribution in [3.05, 3.63) is 29.8 Å². The molecule has 1 fully saturated rings. The van der Waals surface area contributed by atoms with E-state index in [1.54, 1.807) is 0 Å². The number of carbonyl (C=O) groups excluding carboxylic acids is 1. The average molecular weight is 273 g/mol. The highest BCUT2D eigenvalue weighted by atomic mass is 16.6. The van der Waals surface area contributed by atoms with Gasteiger partial charge in [0.2, 0.25) is 0 Å². The highest BCUT2D eigenvalue weighted by molar-refractivity contribution is 6.32. The van der Waals surface area contributed by atoms with Crippen LogP contribution in [0.15, 0.2) is 24.3 Å². The molecule has 0 saturated carbocycles. The number of ether oxygens (including phenoxy) is 1. The van der Waals surface area contributed by atoms with Crippen LogP contribution in [0.25, 0.3) is 0 Å². The number of likely N-dealkylation sites (tertiary alicyclic amines) is 1. The second kappa shape index (κ2) is 5.90. The van der Waals surface area contributed by atoms with Gasteiger partial charge in [-0.15, -0.1) is 0 Å². The zero-order chi connectivity index (χ0) is 14.8. The van der Waals surface area contributed by atoms with E-state index in [1.807, 2.05) is 25.7 Å². The number of hydrogen-bond acceptors (Lipinski definition) is 2. The van der Waals surface area contributed by atoms with Crippen LogP contribution in [0.2, 0.25) is 0 Å². The summed E-state index contributed by atoms with van der Waals surface area (Å²) in [5.41, 5.74) is 2.29. The topological polar surface area (TPSA) is 29.5 Å². The van der Waals surface area contributed by atoms with E-state index in [1.165, 1.54) is 11.0 Å². The number of rotatable bonds is 1. The summed E-state index contributed by atoms with van der Waals surface area (Å²) in [6.45, 7) is 7.29. The summed E-state index contributed by atoms with van der Waals surface area (Å²) < 4.78 is 5.42. The third-order valence-corrected chi connectivity index (χ3v) is 3.66. The molecule has 0 aliphatic carbocycles. The van der Waals surface area contributed by atoms with Crippen LogP contribution in [0.1, 0.15) is 45.1 Å². The maximum Gasteiger partial charge on any atom is 0.410 e. The molecule has 1 saturated heterocycles. The molecule has 0 radical (unpaired) electrons. The molecule has 1 aromatic carbocycles. The van der Waals surface area contributed by atoms with Crippen molar-refractivity contribution in [2.45, 2.75) is 45.1 Å². The molecule has 2 rings (SSSR count). The fourth-order valence-electron chi connectivity index (χ4n) is 2.65. The molecule has 4 heteroatoms. The van der Waals surface area contributed by atoms with E-state index in [9.17, 15) is 4.79 Å². The highest BCUT2D eigenvalue weighted by Gasteiger charge is 2.27. The zero-order valence-electron chi connectivity index (χ0n) is 13.0. The van der Waals surface area contributed by atoms with Crippen molar-refractivity contribution in [1.29, 1.82) is 0 Å². The predicted molar refractivity (Wildman–Crippen MR) is 84.4 cm³/mol.